The molecular weight excluding hydrogens is 215 g/mol. The number of aromatic nitrogens is 1. The Morgan fingerprint density at radius 2 is 2.06 bits per heavy atom. The minimum Gasteiger partial charge on any atom is -0.379 e. The van der Waals surface area contributed by atoms with Crippen LogP contribution in [-0.4, -0.2) is 4.98 Å². The van der Waals surface area contributed by atoms with Crippen LogP contribution in [0.1, 0.15) is 16.8 Å². The maximum atomic E-state index is 13.5. The van der Waals surface area contributed by atoms with E-state index in [0.717, 1.165) is 16.9 Å². The van der Waals surface area contributed by atoms with Gasteiger partial charge in [-0.3, -0.25) is 4.98 Å². The van der Waals surface area contributed by atoms with Gasteiger partial charge in [-0.2, -0.15) is 0 Å². The van der Waals surface area contributed by atoms with Crippen molar-refractivity contribution >= 4 is 5.69 Å². The molecule has 0 atom stereocenters. The van der Waals surface area contributed by atoms with Gasteiger partial charge < -0.3 is 5.32 Å². The van der Waals surface area contributed by atoms with Gasteiger partial charge in [-0.1, -0.05) is 17.7 Å². The number of hydrogen-bond acceptors (Lipinski definition) is 2. The number of nitrogens with zero attached hydrogens (tertiary/aromatic N) is 1. The molecule has 2 rings (SSSR count). The lowest BCUT2D eigenvalue weighted by Gasteiger charge is -2.09. The molecule has 0 aliphatic carbocycles. The minimum atomic E-state index is -0.176. The van der Waals surface area contributed by atoms with Crippen LogP contribution in [0.5, 0.6) is 0 Å². The molecule has 0 spiro atoms. The average molecular weight is 230 g/mol. The van der Waals surface area contributed by atoms with Crippen LogP contribution in [0.25, 0.3) is 0 Å². The molecule has 0 bridgehead atoms. The zero-order valence-electron chi connectivity index (χ0n) is 10.00. The molecule has 0 unspecified atom stereocenters. The van der Waals surface area contributed by atoms with Crippen molar-refractivity contribution in [3.8, 4) is 0 Å². The summed E-state index contributed by atoms with van der Waals surface area (Å²) < 4.78 is 13.5. The van der Waals surface area contributed by atoms with Gasteiger partial charge in [-0.15, -0.1) is 0 Å². The molecule has 0 amide bonds. The van der Waals surface area contributed by atoms with Crippen molar-refractivity contribution in [2.75, 3.05) is 5.32 Å². The predicted molar refractivity (Wildman–Crippen MR) is 67.4 cm³/mol. The standard InChI is InChI=1S/C14H15FN2/c1-10-5-6-13(15)12(8-10)9-17-14-4-3-7-16-11(14)2/h3-8,17H,9H2,1-2H3. The van der Waals surface area contributed by atoms with Crippen LogP contribution in [-0.2, 0) is 6.54 Å². The Balaban J connectivity index is 2.12. The summed E-state index contributed by atoms with van der Waals surface area (Å²) in [5.41, 5.74) is 3.59. The summed E-state index contributed by atoms with van der Waals surface area (Å²) in [7, 11) is 0. The molecule has 2 aromatic rings. The Morgan fingerprint density at radius 3 is 2.82 bits per heavy atom. The van der Waals surface area contributed by atoms with Gasteiger partial charge in [0.1, 0.15) is 5.82 Å². The number of anilines is 1. The topological polar surface area (TPSA) is 24.9 Å². The van der Waals surface area contributed by atoms with Gasteiger partial charge in [0, 0.05) is 18.3 Å². The van der Waals surface area contributed by atoms with E-state index in [0.29, 0.717) is 12.1 Å². The molecule has 0 saturated carbocycles. The minimum absolute atomic E-state index is 0.176. The summed E-state index contributed by atoms with van der Waals surface area (Å²) >= 11 is 0. The average Bonchev–Trinajstić information content (AvgIpc) is 2.32. The lowest BCUT2D eigenvalue weighted by molar-refractivity contribution is 0.612. The van der Waals surface area contributed by atoms with Crippen molar-refractivity contribution in [1.82, 2.24) is 4.98 Å². The van der Waals surface area contributed by atoms with Crippen molar-refractivity contribution in [2.45, 2.75) is 20.4 Å². The Bertz CT molecular complexity index is 523. The lowest BCUT2D eigenvalue weighted by atomic mass is 10.1. The summed E-state index contributed by atoms with van der Waals surface area (Å²) in [5, 5.41) is 3.19. The van der Waals surface area contributed by atoms with Crippen molar-refractivity contribution in [2.24, 2.45) is 0 Å². The number of halogens is 1. The third-order valence-corrected chi connectivity index (χ3v) is 2.68. The van der Waals surface area contributed by atoms with E-state index >= 15 is 0 Å². The van der Waals surface area contributed by atoms with Crippen molar-refractivity contribution in [1.29, 1.82) is 0 Å². The van der Waals surface area contributed by atoms with E-state index in [9.17, 15) is 4.39 Å². The largest absolute Gasteiger partial charge is 0.379 e. The van der Waals surface area contributed by atoms with Crippen LogP contribution in [0.3, 0.4) is 0 Å². The second-order valence-corrected chi connectivity index (χ2v) is 4.08. The van der Waals surface area contributed by atoms with Gasteiger partial charge in [0.25, 0.3) is 0 Å². The molecule has 0 aliphatic rings. The monoisotopic (exact) mass is 230 g/mol. The van der Waals surface area contributed by atoms with Gasteiger partial charge in [-0.05, 0) is 32.0 Å². The molecule has 17 heavy (non-hydrogen) atoms. The second-order valence-electron chi connectivity index (χ2n) is 4.08. The van der Waals surface area contributed by atoms with E-state index in [4.69, 9.17) is 0 Å². The predicted octanol–water partition coefficient (Wildman–Crippen LogP) is 3.45. The molecule has 1 heterocycles. The van der Waals surface area contributed by atoms with E-state index in [2.05, 4.69) is 10.3 Å². The van der Waals surface area contributed by atoms with E-state index in [1.54, 1.807) is 12.3 Å². The van der Waals surface area contributed by atoms with Crippen molar-refractivity contribution in [3.63, 3.8) is 0 Å². The van der Waals surface area contributed by atoms with Crippen LogP contribution in [0.4, 0.5) is 10.1 Å². The molecule has 88 valence electrons. The highest BCUT2D eigenvalue weighted by Gasteiger charge is 2.03. The zero-order chi connectivity index (χ0) is 12.3. The van der Waals surface area contributed by atoms with Gasteiger partial charge >= 0.3 is 0 Å². The quantitative estimate of drug-likeness (QED) is 0.873. The number of nitrogens with one attached hydrogen (secondary N) is 1. The highest BCUT2D eigenvalue weighted by Crippen LogP contribution is 2.15. The molecule has 1 aromatic carbocycles. The lowest BCUT2D eigenvalue weighted by Crippen LogP contribution is -2.04. The Hall–Kier alpha value is -1.90. The van der Waals surface area contributed by atoms with Gasteiger partial charge in [0.05, 0.1) is 11.4 Å². The van der Waals surface area contributed by atoms with E-state index in [1.165, 1.54) is 6.07 Å². The summed E-state index contributed by atoms with van der Waals surface area (Å²) in [5.74, 6) is -0.176. The fourth-order valence-electron chi connectivity index (χ4n) is 1.70. The number of pyridine rings is 1. The maximum Gasteiger partial charge on any atom is 0.128 e. The first-order valence-corrected chi connectivity index (χ1v) is 5.57. The van der Waals surface area contributed by atoms with Crippen molar-refractivity contribution < 1.29 is 4.39 Å². The normalized spacial score (nSPS) is 10.3. The summed E-state index contributed by atoms with van der Waals surface area (Å²) in [6.45, 7) is 4.35. The maximum absolute atomic E-state index is 13.5. The summed E-state index contributed by atoms with van der Waals surface area (Å²) in [4.78, 5) is 4.18. The Labute approximate surface area is 101 Å². The molecular formula is C14H15FN2. The van der Waals surface area contributed by atoms with Gasteiger partial charge in [0.15, 0.2) is 0 Å². The van der Waals surface area contributed by atoms with Crippen LogP contribution in [0.15, 0.2) is 36.5 Å². The van der Waals surface area contributed by atoms with Crippen LogP contribution < -0.4 is 5.32 Å². The smallest absolute Gasteiger partial charge is 0.128 e. The summed E-state index contributed by atoms with van der Waals surface area (Å²) in [6.07, 6.45) is 1.74. The number of benzene rings is 1. The Kier molecular flexibility index (Phi) is 3.38. The molecule has 0 radical (unpaired) electrons. The third kappa shape index (κ3) is 2.81. The number of aryl methyl sites for hydroxylation is 2. The highest BCUT2D eigenvalue weighted by molar-refractivity contribution is 5.47. The molecule has 0 fully saturated rings. The second kappa shape index (κ2) is 4.95. The van der Waals surface area contributed by atoms with Crippen LogP contribution in [0, 0.1) is 19.7 Å². The Morgan fingerprint density at radius 1 is 1.24 bits per heavy atom. The van der Waals surface area contributed by atoms with Crippen LogP contribution >= 0.6 is 0 Å². The SMILES string of the molecule is Cc1ccc(F)c(CNc2cccnc2C)c1. The number of rotatable bonds is 3. The molecule has 2 nitrogen and oxygen atoms in total. The molecule has 1 N–H and O–H groups in total. The first kappa shape index (κ1) is 11.6. The first-order valence-electron chi connectivity index (χ1n) is 5.57. The fourth-order valence-corrected chi connectivity index (χ4v) is 1.70. The molecule has 3 heteroatoms. The van der Waals surface area contributed by atoms with E-state index in [-0.39, 0.29) is 5.82 Å². The van der Waals surface area contributed by atoms with Crippen molar-refractivity contribution in [3.05, 3.63) is 59.2 Å². The highest BCUT2D eigenvalue weighted by atomic mass is 19.1. The summed E-state index contributed by atoms with van der Waals surface area (Å²) in [6, 6.07) is 8.93. The molecule has 0 aliphatic heterocycles. The zero-order valence-corrected chi connectivity index (χ0v) is 10.00. The van der Waals surface area contributed by atoms with Crippen LogP contribution in [0.2, 0.25) is 0 Å². The van der Waals surface area contributed by atoms with Gasteiger partial charge in [0.2, 0.25) is 0 Å². The van der Waals surface area contributed by atoms with E-state index < -0.39 is 0 Å². The number of hydrogen-bond donors (Lipinski definition) is 1. The molecule has 1 aromatic heterocycles. The first-order chi connectivity index (χ1) is 8.16. The van der Waals surface area contributed by atoms with Gasteiger partial charge in [-0.25, -0.2) is 4.39 Å². The fraction of sp³-hybridized carbons (Fsp3) is 0.214. The van der Waals surface area contributed by atoms with E-state index in [1.807, 2.05) is 32.0 Å². The molecule has 0 saturated heterocycles. The third-order valence-electron chi connectivity index (χ3n) is 2.68.